The second-order valence-electron chi connectivity index (χ2n) is 4.85. The average molecular weight is 240 g/mol. The molecule has 1 fully saturated rings. The summed E-state index contributed by atoms with van der Waals surface area (Å²) in [4.78, 5) is 6.77. The zero-order valence-corrected chi connectivity index (χ0v) is 11.6. The zero-order chi connectivity index (χ0) is 12.5. The third-order valence-corrected chi connectivity index (χ3v) is 3.36. The molecular weight excluding hydrogens is 212 g/mol. The fourth-order valence-corrected chi connectivity index (χ4v) is 2.05. The maximum Gasteiger partial charge on any atom is 0.191 e. The quantitative estimate of drug-likeness (QED) is 0.419. The van der Waals surface area contributed by atoms with E-state index in [9.17, 15) is 0 Å². The van der Waals surface area contributed by atoms with Crippen molar-refractivity contribution in [1.29, 1.82) is 0 Å². The van der Waals surface area contributed by atoms with Crippen LogP contribution in [0.3, 0.4) is 0 Å². The Morgan fingerprint density at radius 3 is 2.65 bits per heavy atom. The van der Waals surface area contributed by atoms with Gasteiger partial charge in [0, 0.05) is 19.6 Å². The van der Waals surface area contributed by atoms with E-state index in [0.717, 1.165) is 18.9 Å². The van der Waals surface area contributed by atoms with Crippen molar-refractivity contribution in [2.45, 2.75) is 45.6 Å². The number of rotatable bonds is 6. The van der Waals surface area contributed by atoms with Crippen LogP contribution in [0, 0.1) is 0 Å². The average Bonchev–Trinajstić information content (AvgIpc) is 2.85. The Balaban J connectivity index is 2.06. The molecule has 4 nitrogen and oxygen atoms in total. The normalized spacial score (nSPS) is 19.4. The Hall–Kier alpha value is -0.770. The summed E-state index contributed by atoms with van der Waals surface area (Å²) in [6.45, 7) is 9.16. The van der Waals surface area contributed by atoms with E-state index in [1.54, 1.807) is 0 Å². The number of hydrogen-bond acceptors (Lipinski definition) is 2. The molecule has 0 aromatic carbocycles. The topological polar surface area (TPSA) is 39.7 Å². The lowest BCUT2D eigenvalue weighted by Crippen LogP contribution is -2.42. The van der Waals surface area contributed by atoms with E-state index in [1.807, 2.05) is 7.05 Å². The van der Waals surface area contributed by atoms with E-state index in [0.29, 0.717) is 6.04 Å². The van der Waals surface area contributed by atoms with Crippen molar-refractivity contribution in [2.24, 2.45) is 4.99 Å². The largest absolute Gasteiger partial charge is 0.356 e. The van der Waals surface area contributed by atoms with Gasteiger partial charge in [0.25, 0.3) is 0 Å². The van der Waals surface area contributed by atoms with Gasteiger partial charge in [-0.05, 0) is 52.2 Å². The smallest absolute Gasteiger partial charge is 0.191 e. The van der Waals surface area contributed by atoms with Crippen LogP contribution in [0.5, 0.6) is 0 Å². The standard InChI is InChI=1S/C13H28N4/c1-4-12(2)16-13(14-3)15-8-7-11-17-9-5-6-10-17/h12H,4-11H2,1-3H3,(H2,14,15,16). The molecule has 17 heavy (non-hydrogen) atoms. The minimum absolute atomic E-state index is 0.486. The molecule has 1 unspecified atom stereocenters. The number of hydrogen-bond donors (Lipinski definition) is 2. The van der Waals surface area contributed by atoms with Crippen LogP contribution in [0.2, 0.25) is 0 Å². The second kappa shape index (κ2) is 8.34. The van der Waals surface area contributed by atoms with Gasteiger partial charge in [0.2, 0.25) is 0 Å². The molecule has 1 heterocycles. The predicted octanol–water partition coefficient (Wildman–Crippen LogP) is 1.44. The van der Waals surface area contributed by atoms with Crippen molar-refractivity contribution in [3.05, 3.63) is 0 Å². The van der Waals surface area contributed by atoms with Gasteiger partial charge >= 0.3 is 0 Å². The first-order valence-electron chi connectivity index (χ1n) is 6.95. The highest BCUT2D eigenvalue weighted by Crippen LogP contribution is 2.06. The van der Waals surface area contributed by atoms with Crippen LogP contribution < -0.4 is 10.6 Å². The van der Waals surface area contributed by atoms with Crippen LogP contribution in [0.25, 0.3) is 0 Å². The monoisotopic (exact) mass is 240 g/mol. The van der Waals surface area contributed by atoms with Crippen LogP contribution in [0.4, 0.5) is 0 Å². The number of nitrogens with one attached hydrogen (secondary N) is 2. The van der Waals surface area contributed by atoms with Crippen LogP contribution in [-0.2, 0) is 0 Å². The lowest BCUT2D eigenvalue weighted by Gasteiger charge is -2.18. The maximum atomic E-state index is 4.23. The summed E-state index contributed by atoms with van der Waals surface area (Å²) >= 11 is 0. The second-order valence-corrected chi connectivity index (χ2v) is 4.85. The predicted molar refractivity (Wildman–Crippen MR) is 74.5 cm³/mol. The van der Waals surface area contributed by atoms with Crippen molar-refractivity contribution in [3.63, 3.8) is 0 Å². The summed E-state index contributed by atoms with van der Waals surface area (Å²) in [7, 11) is 1.83. The Morgan fingerprint density at radius 1 is 1.35 bits per heavy atom. The van der Waals surface area contributed by atoms with Gasteiger partial charge in [-0.2, -0.15) is 0 Å². The summed E-state index contributed by atoms with van der Waals surface area (Å²) in [6, 6.07) is 0.486. The van der Waals surface area contributed by atoms with Gasteiger partial charge in [-0.3, -0.25) is 4.99 Å². The third-order valence-electron chi connectivity index (χ3n) is 3.36. The molecule has 1 atom stereocenters. The molecular formula is C13H28N4. The molecule has 1 aliphatic heterocycles. The van der Waals surface area contributed by atoms with E-state index in [1.165, 1.54) is 38.9 Å². The van der Waals surface area contributed by atoms with Crippen LogP contribution >= 0.6 is 0 Å². The summed E-state index contributed by atoms with van der Waals surface area (Å²) < 4.78 is 0. The van der Waals surface area contributed by atoms with Gasteiger partial charge in [0.1, 0.15) is 0 Å². The highest BCUT2D eigenvalue weighted by atomic mass is 15.2. The summed E-state index contributed by atoms with van der Waals surface area (Å²) in [5.41, 5.74) is 0. The van der Waals surface area contributed by atoms with E-state index in [-0.39, 0.29) is 0 Å². The van der Waals surface area contributed by atoms with Crippen molar-refractivity contribution in [2.75, 3.05) is 33.2 Å². The first-order valence-corrected chi connectivity index (χ1v) is 6.95. The zero-order valence-electron chi connectivity index (χ0n) is 11.6. The van der Waals surface area contributed by atoms with Gasteiger partial charge in [-0.25, -0.2) is 0 Å². The molecule has 100 valence electrons. The van der Waals surface area contributed by atoms with Crippen LogP contribution in [-0.4, -0.2) is 50.1 Å². The Morgan fingerprint density at radius 2 is 2.06 bits per heavy atom. The minimum Gasteiger partial charge on any atom is -0.356 e. The molecule has 0 aliphatic carbocycles. The van der Waals surface area contributed by atoms with Crippen molar-refractivity contribution in [3.8, 4) is 0 Å². The number of nitrogens with zero attached hydrogens (tertiary/aromatic N) is 2. The van der Waals surface area contributed by atoms with Gasteiger partial charge < -0.3 is 15.5 Å². The van der Waals surface area contributed by atoms with Crippen LogP contribution in [0.1, 0.15) is 39.5 Å². The Kier molecular flexibility index (Phi) is 7.01. The summed E-state index contributed by atoms with van der Waals surface area (Å²) in [5.74, 6) is 0.931. The molecule has 1 aliphatic rings. The fraction of sp³-hybridized carbons (Fsp3) is 0.923. The van der Waals surface area contributed by atoms with Gasteiger partial charge in [0.15, 0.2) is 5.96 Å². The maximum absolute atomic E-state index is 4.23. The Labute approximate surface area is 106 Å². The van der Waals surface area contributed by atoms with E-state index < -0.39 is 0 Å². The van der Waals surface area contributed by atoms with Crippen molar-refractivity contribution >= 4 is 5.96 Å². The molecule has 0 aromatic heterocycles. The number of likely N-dealkylation sites (tertiary alicyclic amines) is 1. The highest BCUT2D eigenvalue weighted by Gasteiger charge is 2.10. The summed E-state index contributed by atoms with van der Waals surface area (Å²) in [5, 5.41) is 6.74. The number of guanidine groups is 1. The minimum atomic E-state index is 0.486. The van der Waals surface area contributed by atoms with Crippen molar-refractivity contribution < 1.29 is 0 Å². The molecule has 0 spiro atoms. The molecule has 0 saturated carbocycles. The third kappa shape index (κ3) is 5.91. The van der Waals surface area contributed by atoms with E-state index >= 15 is 0 Å². The van der Waals surface area contributed by atoms with Crippen molar-refractivity contribution in [1.82, 2.24) is 15.5 Å². The first kappa shape index (κ1) is 14.3. The lowest BCUT2D eigenvalue weighted by atomic mass is 10.3. The molecule has 0 amide bonds. The molecule has 4 heteroatoms. The highest BCUT2D eigenvalue weighted by molar-refractivity contribution is 5.79. The molecule has 0 bridgehead atoms. The molecule has 0 radical (unpaired) electrons. The Bertz CT molecular complexity index is 221. The van der Waals surface area contributed by atoms with E-state index in [4.69, 9.17) is 0 Å². The summed E-state index contributed by atoms with van der Waals surface area (Å²) in [6.07, 6.45) is 5.07. The first-order chi connectivity index (χ1) is 8.26. The SMILES string of the molecule is CCC(C)NC(=NC)NCCCN1CCCC1. The van der Waals surface area contributed by atoms with E-state index in [2.05, 4.69) is 34.4 Å². The lowest BCUT2D eigenvalue weighted by molar-refractivity contribution is 0.334. The molecule has 0 aromatic rings. The van der Waals surface area contributed by atoms with Crippen LogP contribution in [0.15, 0.2) is 4.99 Å². The van der Waals surface area contributed by atoms with Gasteiger partial charge in [-0.1, -0.05) is 6.92 Å². The van der Waals surface area contributed by atoms with Gasteiger partial charge in [0.05, 0.1) is 0 Å². The fourth-order valence-electron chi connectivity index (χ4n) is 2.05. The molecule has 2 N–H and O–H groups in total. The molecule has 1 rings (SSSR count). The number of aliphatic imine (C=N–C) groups is 1. The molecule has 1 saturated heterocycles. The van der Waals surface area contributed by atoms with Gasteiger partial charge in [-0.15, -0.1) is 0 Å².